The quantitative estimate of drug-likeness (QED) is 0.147. The minimum atomic E-state index is -0.555. The maximum Gasteiger partial charge on any atom is 0.220 e. The van der Waals surface area contributed by atoms with E-state index in [0.29, 0.717) is 27.3 Å². The van der Waals surface area contributed by atoms with Gasteiger partial charge in [-0.2, -0.15) is 0 Å². The molecule has 0 saturated heterocycles. The lowest BCUT2D eigenvalue weighted by atomic mass is 10.1. The van der Waals surface area contributed by atoms with E-state index in [0.717, 1.165) is 16.8 Å². The van der Waals surface area contributed by atoms with Crippen LogP contribution < -0.4 is 4.74 Å². The first-order valence-corrected chi connectivity index (χ1v) is 12.0. The molecule has 0 bridgehead atoms. The number of aryl methyl sites for hydroxylation is 2. The molecule has 0 aliphatic carbocycles. The van der Waals surface area contributed by atoms with Crippen molar-refractivity contribution in [2.75, 3.05) is 6.54 Å². The van der Waals surface area contributed by atoms with Gasteiger partial charge in [-0.15, -0.1) is 10.2 Å². The largest absolute Gasteiger partial charge is 0.487 e. The van der Waals surface area contributed by atoms with Crippen LogP contribution in [0.4, 0.5) is 4.39 Å². The molecule has 4 aromatic rings. The van der Waals surface area contributed by atoms with Gasteiger partial charge in [-0.25, -0.2) is 4.39 Å². The molecule has 0 aliphatic heterocycles. The summed E-state index contributed by atoms with van der Waals surface area (Å²) in [5.74, 6) is 0.794. The molecule has 0 fully saturated rings. The minimum Gasteiger partial charge on any atom is -0.487 e. The van der Waals surface area contributed by atoms with E-state index in [2.05, 4.69) is 10.2 Å². The number of nitrogens with zero attached hydrogens (tertiary/aromatic N) is 4. The van der Waals surface area contributed by atoms with E-state index < -0.39 is 5.25 Å². The molecular weight excluding hydrogens is 491 g/mol. The van der Waals surface area contributed by atoms with Crippen molar-refractivity contribution in [3.63, 3.8) is 0 Å². The molecule has 35 heavy (non-hydrogen) atoms. The van der Waals surface area contributed by atoms with Crippen LogP contribution in [-0.4, -0.2) is 26.2 Å². The number of nitro groups is 1. The van der Waals surface area contributed by atoms with E-state index in [9.17, 15) is 14.5 Å². The summed E-state index contributed by atoms with van der Waals surface area (Å²) in [5, 5.41) is 20.3. The average Bonchev–Trinajstić information content (AvgIpc) is 3.18. The first-order valence-electron chi connectivity index (χ1n) is 10.7. The van der Waals surface area contributed by atoms with Crippen LogP contribution in [0.2, 0.25) is 5.02 Å². The van der Waals surface area contributed by atoms with Crippen molar-refractivity contribution in [2.24, 2.45) is 0 Å². The Kier molecular flexibility index (Phi) is 7.67. The van der Waals surface area contributed by atoms with Gasteiger partial charge in [-0.1, -0.05) is 53.7 Å². The molecule has 0 aliphatic rings. The second kappa shape index (κ2) is 10.9. The summed E-state index contributed by atoms with van der Waals surface area (Å²) in [5.41, 5.74) is 3.43. The monoisotopic (exact) mass is 512 g/mol. The van der Waals surface area contributed by atoms with Gasteiger partial charge in [0.1, 0.15) is 29.2 Å². The number of benzene rings is 3. The highest BCUT2D eigenvalue weighted by atomic mass is 35.5. The highest BCUT2D eigenvalue weighted by Gasteiger charge is 2.24. The first kappa shape index (κ1) is 24.7. The fraction of sp³-hybridized carbons (Fsp3) is 0.200. The standard InChI is InChI=1S/C25H22ClFN4O3S/c1-16-4-3-5-21(12-16)31-17(2)28-29-25(31)35-24(14-30(32)33)19-8-11-23(22(26)13-19)34-15-18-6-9-20(27)10-7-18/h3-13,24H,14-15H2,1-2H3/t24-/m0/s1. The number of halogens is 2. The summed E-state index contributed by atoms with van der Waals surface area (Å²) in [6.07, 6.45) is 0. The maximum absolute atomic E-state index is 13.1. The molecule has 4 rings (SSSR count). The number of ether oxygens (including phenoxy) is 1. The highest BCUT2D eigenvalue weighted by molar-refractivity contribution is 7.99. The molecule has 0 radical (unpaired) electrons. The first-order chi connectivity index (χ1) is 16.8. The van der Waals surface area contributed by atoms with Crippen LogP contribution in [0.15, 0.2) is 71.9 Å². The molecule has 1 heterocycles. The van der Waals surface area contributed by atoms with Crippen LogP contribution in [0.5, 0.6) is 5.75 Å². The summed E-state index contributed by atoms with van der Waals surface area (Å²) >= 11 is 7.71. The topological polar surface area (TPSA) is 83.1 Å². The van der Waals surface area contributed by atoms with Crippen LogP contribution >= 0.6 is 23.4 Å². The summed E-state index contributed by atoms with van der Waals surface area (Å²) in [6, 6.07) is 19.0. The summed E-state index contributed by atoms with van der Waals surface area (Å²) in [6.45, 7) is 3.72. The number of rotatable bonds is 9. The van der Waals surface area contributed by atoms with Gasteiger partial charge >= 0.3 is 0 Å². The van der Waals surface area contributed by atoms with Crippen LogP contribution in [0.25, 0.3) is 5.69 Å². The van der Waals surface area contributed by atoms with Gasteiger partial charge in [0.05, 0.1) is 5.02 Å². The number of hydrogen-bond donors (Lipinski definition) is 0. The average molecular weight is 513 g/mol. The van der Waals surface area contributed by atoms with Gasteiger partial charge in [0.15, 0.2) is 5.16 Å². The fourth-order valence-corrected chi connectivity index (χ4v) is 4.94. The Bertz CT molecular complexity index is 1350. The molecule has 0 spiro atoms. The van der Waals surface area contributed by atoms with E-state index >= 15 is 0 Å². The van der Waals surface area contributed by atoms with Crippen molar-refractivity contribution in [1.82, 2.24) is 14.8 Å². The van der Waals surface area contributed by atoms with Gasteiger partial charge in [0, 0.05) is 10.6 Å². The Balaban J connectivity index is 1.57. The SMILES string of the molecule is Cc1cccc(-n2c(C)nnc2S[C@@H](C[N+](=O)[O-])c2ccc(OCc3ccc(F)cc3)c(Cl)c2)c1. The van der Waals surface area contributed by atoms with Crippen LogP contribution in [0.1, 0.15) is 27.8 Å². The molecule has 1 atom stereocenters. The normalized spacial score (nSPS) is 11.9. The summed E-state index contributed by atoms with van der Waals surface area (Å²) in [4.78, 5) is 11.1. The molecule has 180 valence electrons. The lowest BCUT2D eigenvalue weighted by molar-refractivity contribution is -0.479. The Labute approximate surface area is 211 Å². The van der Waals surface area contributed by atoms with Gasteiger partial charge in [0.2, 0.25) is 6.54 Å². The van der Waals surface area contributed by atoms with E-state index in [1.165, 1.54) is 23.9 Å². The Morgan fingerprint density at radius 3 is 2.57 bits per heavy atom. The van der Waals surface area contributed by atoms with Crippen molar-refractivity contribution in [3.05, 3.63) is 110 Å². The Hall–Kier alpha value is -3.43. The maximum atomic E-state index is 13.1. The van der Waals surface area contributed by atoms with Crippen LogP contribution in [0.3, 0.4) is 0 Å². The van der Waals surface area contributed by atoms with Gasteiger partial charge in [0.25, 0.3) is 0 Å². The second-order valence-corrected chi connectivity index (χ2v) is 9.51. The van der Waals surface area contributed by atoms with Crippen molar-refractivity contribution in [2.45, 2.75) is 30.9 Å². The predicted molar refractivity (Wildman–Crippen MR) is 133 cm³/mol. The zero-order valence-corrected chi connectivity index (χ0v) is 20.6. The zero-order chi connectivity index (χ0) is 24.9. The molecule has 3 aromatic carbocycles. The Morgan fingerprint density at radius 1 is 1.11 bits per heavy atom. The molecule has 7 nitrogen and oxygen atoms in total. The van der Waals surface area contributed by atoms with Crippen molar-refractivity contribution < 1.29 is 14.1 Å². The molecule has 1 aromatic heterocycles. The second-order valence-electron chi connectivity index (χ2n) is 7.93. The minimum absolute atomic E-state index is 0.214. The smallest absolute Gasteiger partial charge is 0.220 e. The van der Waals surface area contributed by atoms with Gasteiger partial charge in [-0.05, 0) is 66.9 Å². The van der Waals surface area contributed by atoms with E-state index in [1.54, 1.807) is 30.3 Å². The molecular formula is C25H22ClFN4O3S. The fourth-order valence-electron chi connectivity index (χ4n) is 3.53. The Morgan fingerprint density at radius 2 is 1.89 bits per heavy atom. The zero-order valence-electron chi connectivity index (χ0n) is 19.0. The highest BCUT2D eigenvalue weighted by Crippen LogP contribution is 2.38. The summed E-state index contributed by atoms with van der Waals surface area (Å²) < 4.78 is 20.7. The van der Waals surface area contributed by atoms with Crippen molar-refractivity contribution in [1.29, 1.82) is 0 Å². The van der Waals surface area contributed by atoms with E-state index in [1.807, 2.05) is 42.7 Å². The third kappa shape index (κ3) is 6.17. The predicted octanol–water partition coefficient (Wildman–Crippen LogP) is 6.37. The van der Waals surface area contributed by atoms with Crippen LogP contribution in [-0.2, 0) is 6.61 Å². The lowest BCUT2D eigenvalue weighted by Gasteiger charge is -2.16. The number of aromatic nitrogens is 3. The molecule has 0 saturated carbocycles. The molecule has 0 N–H and O–H groups in total. The van der Waals surface area contributed by atoms with E-state index in [-0.39, 0.29) is 23.9 Å². The number of hydrogen-bond acceptors (Lipinski definition) is 6. The van der Waals surface area contributed by atoms with Crippen LogP contribution in [0, 0.1) is 29.8 Å². The molecule has 0 unspecified atom stereocenters. The third-order valence-electron chi connectivity index (χ3n) is 5.25. The lowest BCUT2D eigenvalue weighted by Crippen LogP contribution is -2.11. The van der Waals surface area contributed by atoms with Crippen molar-refractivity contribution in [3.8, 4) is 11.4 Å². The molecule has 0 amide bonds. The third-order valence-corrected chi connectivity index (χ3v) is 6.73. The summed E-state index contributed by atoms with van der Waals surface area (Å²) in [7, 11) is 0. The van der Waals surface area contributed by atoms with E-state index in [4.69, 9.17) is 16.3 Å². The molecule has 10 heteroatoms. The number of thioether (sulfide) groups is 1. The van der Waals surface area contributed by atoms with Gasteiger partial charge < -0.3 is 4.74 Å². The van der Waals surface area contributed by atoms with Crippen molar-refractivity contribution >= 4 is 23.4 Å². The van der Waals surface area contributed by atoms with Gasteiger partial charge in [-0.3, -0.25) is 14.7 Å².